The number of carbonyl (C=O) groups is 1. The zero-order chi connectivity index (χ0) is 13.2. The smallest absolute Gasteiger partial charge is 0.329 e. The summed E-state index contributed by atoms with van der Waals surface area (Å²) in [6.07, 6.45) is 0. The van der Waals surface area contributed by atoms with E-state index in [2.05, 4.69) is 9.36 Å². The van der Waals surface area contributed by atoms with Crippen LogP contribution in [0.1, 0.15) is 33.5 Å². The largest absolute Gasteiger partial charge is 0.458 e. The van der Waals surface area contributed by atoms with Crippen molar-refractivity contribution in [1.29, 1.82) is 0 Å². The van der Waals surface area contributed by atoms with Crippen LogP contribution in [-0.2, 0) is 9.53 Å². The Bertz CT molecular complexity index is 398. The second kappa shape index (κ2) is 5.00. The van der Waals surface area contributed by atoms with Crippen molar-refractivity contribution in [3.05, 3.63) is 5.82 Å². The predicted molar refractivity (Wildman–Crippen MR) is 68.4 cm³/mol. The third kappa shape index (κ3) is 3.96. The second-order valence-electron chi connectivity index (χ2n) is 4.94. The summed E-state index contributed by atoms with van der Waals surface area (Å²) in [6.45, 7) is 9.18. The quantitative estimate of drug-likeness (QED) is 0.775. The Kier molecular flexibility index (Phi) is 4.08. The molecule has 0 aliphatic carbocycles. The highest BCUT2D eigenvalue weighted by atomic mass is 32.1. The fraction of sp³-hybridized carbons (Fsp3) is 0.727. The Morgan fingerprint density at radius 3 is 2.47 bits per heavy atom. The third-order valence-electron chi connectivity index (χ3n) is 2.15. The molecule has 1 aromatic rings. The molecule has 0 aliphatic heterocycles. The van der Waals surface area contributed by atoms with Crippen LogP contribution in [0.15, 0.2) is 0 Å². The fourth-order valence-electron chi connectivity index (χ4n) is 1.14. The van der Waals surface area contributed by atoms with Gasteiger partial charge in [0.2, 0.25) is 5.13 Å². The summed E-state index contributed by atoms with van der Waals surface area (Å²) in [5.41, 5.74) is -0.469. The summed E-state index contributed by atoms with van der Waals surface area (Å²) in [6, 6.07) is -0.374. The summed E-state index contributed by atoms with van der Waals surface area (Å²) in [5.74, 6) is 0.459. The highest BCUT2D eigenvalue weighted by molar-refractivity contribution is 7.09. The van der Waals surface area contributed by atoms with E-state index in [4.69, 9.17) is 4.74 Å². The van der Waals surface area contributed by atoms with E-state index in [9.17, 15) is 4.79 Å². The van der Waals surface area contributed by atoms with Gasteiger partial charge in [-0.3, -0.25) is 0 Å². The van der Waals surface area contributed by atoms with Crippen LogP contribution in [0.4, 0.5) is 5.13 Å². The van der Waals surface area contributed by atoms with E-state index in [0.717, 1.165) is 5.13 Å². The minimum atomic E-state index is -0.469. The third-order valence-corrected chi connectivity index (χ3v) is 3.05. The molecule has 0 radical (unpaired) electrons. The lowest BCUT2D eigenvalue weighted by molar-refractivity contribution is -0.155. The summed E-state index contributed by atoms with van der Waals surface area (Å²) < 4.78 is 9.42. The number of hydrogen-bond donors (Lipinski definition) is 0. The molecule has 1 unspecified atom stereocenters. The molecule has 1 atom stereocenters. The number of ether oxygens (including phenoxy) is 1. The Labute approximate surface area is 106 Å². The van der Waals surface area contributed by atoms with Crippen molar-refractivity contribution in [1.82, 2.24) is 9.36 Å². The van der Waals surface area contributed by atoms with Gasteiger partial charge in [-0.1, -0.05) is 0 Å². The molecule has 0 bridgehead atoms. The molecule has 17 heavy (non-hydrogen) atoms. The number of likely N-dealkylation sites (N-methyl/N-ethyl adjacent to an activating group) is 1. The standard InChI is InChI=1S/C11H19N3O2S/c1-7(9(15)16-11(3,4)5)14(6)10-12-8(2)13-17-10/h7H,1-6H3. The van der Waals surface area contributed by atoms with Crippen molar-refractivity contribution in [2.24, 2.45) is 0 Å². The molecule has 6 heteroatoms. The van der Waals surface area contributed by atoms with E-state index in [1.54, 1.807) is 11.8 Å². The molecule has 0 aromatic carbocycles. The molecule has 0 spiro atoms. The van der Waals surface area contributed by atoms with Gasteiger partial charge in [0.15, 0.2) is 0 Å². The lowest BCUT2D eigenvalue weighted by Gasteiger charge is -2.26. The van der Waals surface area contributed by atoms with Crippen molar-refractivity contribution in [3.63, 3.8) is 0 Å². The number of anilines is 1. The van der Waals surface area contributed by atoms with Crippen LogP contribution in [0.2, 0.25) is 0 Å². The van der Waals surface area contributed by atoms with E-state index in [0.29, 0.717) is 5.82 Å². The van der Waals surface area contributed by atoms with Gasteiger partial charge in [-0.25, -0.2) is 9.78 Å². The molecule has 1 rings (SSSR count). The lowest BCUT2D eigenvalue weighted by Crippen LogP contribution is -2.40. The van der Waals surface area contributed by atoms with E-state index < -0.39 is 5.60 Å². The van der Waals surface area contributed by atoms with Crippen LogP contribution in [0.25, 0.3) is 0 Å². The summed E-state index contributed by atoms with van der Waals surface area (Å²) in [7, 11) is 1.81. The van der Waals surface area contributed by atoms with Gasteiger partial charge in [0, 0.05) is 18.6 Å². The number of esters is 1. The molecule has 0 N–H and O–H groups in total. The lowest BCUT2D eigenvalue weighted by atomic mass is 10.2. The molecule has 0 amide bonds. The number of nitrogens with zero attached hydrogens (tertiary/aromatic N) is 3. The number of rotatable bonds is 3. The first kappa shape index (κ1) is 13.9. The Balaban J connectivity index is 2.70. The van der Waals surface area contributed by atoms with E-state index in [1.165, 1.54) is 11.5 Å². The first-order chi connectivity index (χ1) is 7.70. The number of aromatic nitrogens is 2. The molecule has 0 aliphatic rings. The van der Waals surface area contributed by atoms with Crippen LogP contribution < -0.4 is 4.90 Å². The van der Waals surface area contributed by atoms with Gasteiger partial charge in [-0.05, 0) is 34.6 Å². The van der Waals surface area contributed by atoms with Crippen molar-refractivity contribution < 1.29 is 9.53 Å². The average Bonchev–Trinajstić information content (AvgIpc) is 2.60. The normalized spacial score (nSPS) is 13.3. The molecule has 0 saturated heterocycles. The maximum absolute atomic E-state index is 11.9. The number of hydrogen-bond acceptors (Lipinski definition) is 6. The maximum Gasteiger partial charge on any atom is 0.329 e. The molecule has 0 saturated carbocycles. The van der Waals surface area contributed by atoms with E-state index in [-0.39, 0.29) is 12.0 Å². The van der Waals surface area contributed by atoms with Crippen LogP contribution >= 0.6 is 11.5 Å². The zero-order valence-corrected chi connectivity index (χ0v) is 12.0. The minimum absolute atomic E-state index is 0.257. The Morgan fingerprint density at radius 2 is 2.06 bits per heavy atom. The molecular weight excluding hydrogens is 238 g/mol. The van der Waals surface area contributed by atoms with Gasteiger partial charge in [-0.15, -0.1) is 0 Å². The van der Waals surface area contributed by atoms with Gasteiger partial charge in [-0.2, -0.15) is 4.37 Å². The maximum atomic E-state index is 11.9. The molecular formula is C11H19N3O2S. The SMILES string of the molecule is Cc1nsc(N(C)C(C)C(=O)OC(C)(C)C)n1. The van der Waals surface area contributed by atoms with Crippen LogP contribution in [-0.4, -0.2) is 34.0 Å². The minimum Gasteiger partial charge on any atom is -0.458 e. The second-order valence-corrected chi connectivity index (χ2v) is 5.67. The van der Waals surface area contributed by atoms with Gasteiger partial charge in [0.25, 0.3) is 0 Å². The molecule has 5 nitrogen and oxygen atoms in total. The highest BCUT2D eigenvalue weighted by Crippen LogP contribution is 2.19. The topological polar surface area (TPSA) is 55.3 Å². The van der Waals surface area contributed by atoms with Gasteiger partial charge in [0.05, 0.1) is 0 Å². The van der Waals surface area contributed by atoms with Crippen molar-refractivity contribution in [3.8, 4) is 0 Å². The van der Waals surface area contributed by atoms with Crippen molar-refractivity contribution in [2.75, 3.05) is 11.9 Å². The highest BCUT2D eigenvalue weighted by Gasteiger charge is 2.26. The van der Waals surface area contributed by atoms with E-state index >= 15 is 0 Å². The van der Waals surface area contributed by atoms with Crippen molar-refractivity contribution >= 4 is 22.6 Å². The van der Waals surface area contributed by atoms with Crippen LogP contribution in [0, 0.1) is 6.92 Å². The summed E-state index contributed by atoms with van der Waals surface area (Å²) in [4.78, 5) is 17.9. The molecule has 96 valence electrons. The van der Waals surface area contributed by atoms with Crippen LogP contribution in [0.3, 0.4) is 0 Å². The monoisotopic (exact) mass is 257 g/mol. The Morgan fingerprint density at radius 1 is 1.47 bits per heavy atom. The number of aryl methyl sites for hydroxylation is 1. The Hall–Kier alpha value is -1.17. The summed E-state index contributed by atoms with van der Waals surface area (Å²) in [5, 5.41) is 0.723. The first-order valence-electron chi connectivity index (χ1n) is 5.46. The predicted octanol–water partition coefficient (Wildman–Crippen LogP) is 2.01. The molecule has 0 fully saturated rings. The molecule has 1 aromatic heterocycles. The first-order valence-corrected chi connectivity index (χ1v) is 6.24. The van der Waals surface area contributed by atoms with E-state index in [1.807, 2.05) is 34.7 Å². The zero-order valence-electron chi connectivity index (χ0n) is 11.1. The number of carbonyl (C=O) groups excluding carboxylic acids is 1. The average molecular weight is 257 g/mol. The summed E-state index contributed by atoms with van der Waals surface area (Å²) >= 11 is 1.28. The van der Waals surface area contributed by atoms with Crippen molar-refractivity contribution in [2.45, 2.75) is 46.3 Å². The fourth-order valence-corrected chi connectivity index (χ4v) is 1.85. The van der Waals surface area contributed by atoms with Gasteiger partial charge in [0.1, 0.15) is 17.5 Å². The van der Waals surface area contributed by atoms with Gasteiger partial charge < -0.3 is 9.64 Å². The van der Waals surface area contributed by atoms with Crippen LogP contribution in [0.5, 0.6) is 0 Å². The van der Waals surface area contributed by atoms with Gasteiger partial charge >= 0.3 is 5.97 Å². The molecule has 1 heterocycles.